The minimum atomic E-state index is -0.392. The molecule has 134 valence electrons. The third-order valence-corrected chi connectivity index (χ3v) is 4.72. The predicted octanol–water partition coefficient (Wildman–Crippen LogP) is 2.06. The van der Waals surface area contributed by atoms with E-state index < -0.39 is 5.91 Å². The number of fused-ring (bicyclic) bond motifs is 1. The van der Waals surface area contributed by atoms with E-state index in [1.54, 1.807) is 28.8 Å². The Morgan fingerprint density at radius 1 is 1.15 bits per heavy atom. The summed E-state index contributed by atoms with van der Waals surface area (Å²) in [5.74, 6) is -0.193. The largest absolute Gasteiger partial charge is 0.272 e. The van der Waals surface area contributed by atoms with Crippen molar-refractivity contribution in [3.8, 4) is 0 Å². The number of nitrogens with one attached hydrogen (secondary N) is 2. The molecule has 1 aromatic carbocycles. The van der Waals surface area contributed by atoms with Gasteiger partial charge in [0.05, 0.1) is 5.75 Å². The van der Waals surface area contributed by atoms with Gasteiger partial charge in [0, 0.05) is 21.4 Å². The van der Waals surface area contributed by atoms with Crippen LogP contribution in [0.25, 0.3) is 5.78 Å². The Hall–Kier alpha value is -2.46. The molecule has 0 aliphatic rings. The lowest BCUT2D eigenvalue weighted by Crippen LogP contribution is -2.42. The second kappa shape index (κ2) is 7.83. The number of thioether (sulfide) groups is 1. The fourth-order valence-electron chi connectivity index (χ4n) is 2.18. The molecule has 0 atom stereocenters. The molecule has 0 unspecified atom stereocenters. The summed E-state index contributed by atoms with van der Waals surface area (Å²) in [4.78, 5) is 32.4. The van der Waals surface area contributed by atoms with E-state index in [0.29, 0.717) is 16.5 Å². The number of halogens is 1. The third-order valence-electron chi connectivity index (χ3n) is 3.35. The summed E-state index contributed by atoms with van der Waals surface area (Å²) < 4.78 is 2.50. The van der Waals surface area contributed by atoms with Crippen molar-refractivity contribution < 1.29 is 9.59 Å². The highest BCUT2D eigenvalue weighted by Crippen LogP contribution is 2.15. The summed E-state index contributed by atoms with van der Waals surface area (Å²) in [5.41, 5.74) is 6.96. The van der Waals surface area contributed by atoms with Crippen LogP contribution in [0.2, 0.25) is 0 Å². The first-order chi connectivity index (χ1) is 12.4. The van der Waals surface area contributed by atoms with E-state index in [1.807, 2.05) is 19.9 Å². The van der Waals surface area contributed by atoms with Crippen LogP contribution in [-0.4, -0.2) is 37.1 Å². The maximum absolute atomic E-state index is 11.9. The van der Waals surface area contributed by atoms with Crippen molar-refractivity contribution in [3.63, 3.8) is 0 Å². The number of carbonyl (C=O) groups excluding carboxylic acids is 2. The minimum absolute atomic E-state index is 0.0650. The van der Waals surface area contributed by atoms with Crippen molar-refractivity contribution in [2.24, 2.45) is 0 Å². The molecule has 0 spiro atoms. The highest BCUT2D eigenvalue weighted by molar-refractivity contribution is 9.10. The summed E-state index contributed by atoms with van der Waals surface area (Å²) >= 11 is 4.46. The molecule has 0 bridgehead atoms. The van der Waals surface area contributed by atoms with Gasteiger partial charge in [0.15, 0.2) is 0 Å². The van der Waals surface area contributed by atoms with Crippen molar-refractivity contribution >= 4 is 45.3 Å². The van der Waals surface area contributed by atoms with E-state index in [4.69, 9.17) is 0 Å². The highest BCUT2D eigenvalue weighted by Gasteiger charge is 2.11. The summed E-state index contributed by atoms with van der Waals surface area (Å²) in [6.45, 7) is 3.80. The second-order valence-electron chi connectivity index (χ2n) is 5.44. The van der Waals surface area contributed by atoms with Crippen LogP contribution in [0, 0.1) is 13.8 Å². The normalized spacial score (nSPS) is 10.7. The Balaban J connectivity index is 1.53. The van der Waals surface area contributed by atoms with Gasteiger partial charge >= 0.3 is 0 Å². The molecule has 0 fully saturated rings. The molecule has 0 aliphatic heterocycles. The summed E-state index contributed by atoms with van der Waals surface area (Å²) in [5, 5.41) is 4.76. The molecule has 2 amide bonds. The van der Waals surface area contributed by atoms with Crippen LogP contribution in [0.15, 0.2) is 40.0 Å². The third kappa shape index (κ3) is 4.38. The van der Waals surface area contributed by atoms with Gasteiger partial charge in [0.25, 0.3) is 11.7 Å². The van der Waals surface area contributed by atoms with Gasteiger partial charge in [-0.1, -0.05) is 27.7 Å². The number of aryl methyl sites for hydroxylation is 2. The van der Waals surface area contributed by atoms with Gasteiger partial charge in [0.2, 0.25) is 11.1 Å². The maximum Gasteiger partial charge on any atom is 0.269 e. The average molecular weight is 435 g/mol. The molecule has 3 rings (SSSR count). The molecule has 0 saturated carbocycles. The molecule has 2 aromatic heterocycles. The van der Waals surface area contributed by atoms with Crippen LogP contribution in [0.4, 0.5) is 0 Å². The van der Waals surface area contributed by atoms with Crippen LogP contribution in [0.1, 0.15) is 21.7 Å². The van der Waals surface area contributed by atoms with Gasteiger partial charge in [-0.25, -0.2) is 9.50 Å². The first-order valence-corrected chi connectivity index (χ1v) is 9.39. The minimum Gasteiger partial charge on any atom is -0.272 e. The Morgan fingerprint density at radius 3 is 2.62 bits per heavy atom. The standard InChI is InChI=1S/C16H15BrN6O2S/c1-9-7-10(2)23-15(18-9)19-16(22-23)26-8-13(24)20-21-14(25)11-3-5-12(17)6-4-11/h3-7H,8H2,1-2H3,(H,20,24)(H,21,25). The van der Waals surface area contributed by atoms with Crippen LogP contribution >= 0.6 is 27.7 Å². The van der Waals surface area contributed by atoms with E-state index in [9.17, 15) is 9.59 Å². The molecule has 2 heterocycles. The van der Waals surface area contributed by atoms with Gasteiger partial charge in [-0.15, -0.1) is 5.10 Å². The van der Waals surface area contributed by atoms with Crippen LogP contribution < -0.4 is 10.9 Å². The molecule has 0 radical (unpaired) electrons. The summed E-state index contributed by atoms with van der Waals surface area (Å²) in [6.07, 6.45) is 0. The van der Waals surface area contributed by atoms with Crippen LogP contribution in [-0.2, 0) is 4.79 Å². The van der Waals surface area contributed by atoms with Crippen molar-refractivity contribution in [2.75, 3.05) is 5.75 Å². The van der Waals surface area contributed by atoms with Gasteiger partial charge < -0.3 is 0 Å². The molecular weight excluding hydrogens is 420 g/mol. The fourth-order valence-corrected chi connectivity index (χ4v) is 3.06. The SMILES string of the molecule is Cc1cc(C)n2nc(SCC(=O)NNC(=O)c3ccc(Br)cc3)nc2n1. The van der Waals surface area contributed by atoms with Crippen molar-refractivity contribution in [2.45, 2.75) is 19.0 Å². The number of nitrogens with zero attached hydrogens (tertiary/aromatic N) is 4. The van der Waals surface area contributed by atoms with Gasteiger partial charge in [-0.05, 0) is 44.2 Å². The van der Waals surface area contributed by atoms with Crippen LogP contribution in [0.3, 0.4) is 0 Å². The number of aromatic nitrogens is 4. The molecule has 2 N–H and O–H groups in total. The van der Waals surface area contributed by atoms with E-state index in [-0.39, 0.29) is 11.7 Å². The zero-order valence-corrected chi connectivity index (χ0v) is 16.4. The van der Waals surface area contributed by atoms with Gasteiger partial charge in [0.1, 0.15) is 0 Å². The Morgan fingerprint density at radius 2 is 1.88 bits per heavy atom. The topological polar surface area (TPSA) is 101 Å². The Kier molecular flexibility index (Phi) is 5.52. The van der Waals surface area contributed by atoms with E-state index >= 15 is 0 Å². The Bertz CT molecular complexity index is 973. The number of benzene rings is 1. The Labute approximate surface area is 161 Å². The van der Waals surface area contributed by atoms with E-state index in [2.05, 4.69) is 41.8 Å². The summed E-state index contributed by atoms with van der Waals surface area (Å²) in [7, 11) is 0. The zero-order chi connectivity index (χ0) is 18.7. The monoisotopic (exact) mass is 434 g/mol. The summed E-state index contributed by atoms with van der Waals surface area (Å²) in [6, 6.07) is 8.70. The number of hydrazine groups is 1. The molecule has 10 heteroatoms. The lowest BCUT2D eigenvalue weighted by Gasteiger charge is -2.06. The van der Waals surface area contributed by atoms with Crippen molar-refractivity contribution in [1.29, 1.82) is 0 Å². The van der Waals surface area contributed by atoms with E-state index in [0.717, 1.165) is 15.9 Å². The number of amides is 2. The smallest absolute Gasteiger partial charge is 0.269 e. The molecule has 26 heavy (non-hydrogen) atoms. The first kappa shape index (κ1) is 18.3. The number of carbonyl (C=O) groups is 2. The molecule has 8 nitrogen and oxygen atoms in total. The van der Waals surface area contributed by atoms with Gasteiger partial charge in [-0.3, -0.25) is 20.4 Å². The first-order valence-electron chi connectivity index (χ1n) is 7.61. The maximum atomic E-state index is 11.9. The number of rotatable bonds is 4. The lowest BCUT2D eigenvalue weighted by atomic mass is 10.2. The quantitative estimate of drug-likeness (QED) is 0.481. The highest BCUT2D eigenvalue weighted by atomic mass is 79.9. The van der Waals surface area contributed by atoms with E-state index in [1.165, 1.54) is 11.8 Å². The average Bonchev–Trinajstić information content (AvgIpc) is 3.01. The van der Waals surface area contributed by atoms with Gasteiger partial charge in [-0.2, -0.15) is 4.98 Å². The zero-order valence-electron chi connectivity index (χ0n) is 14.0. The fraction of sp³-hybridized carbons (Fsp3) is 0.188. The van der Waals surface area contributed by atoms with Crippen LogP contribution in [0.5, 0.6) is 0 Å². The lowest BCUT2D eigenvalue weighted by molar-refractivity contribution is -0.119. The second-order valence-corrected chi connectivity index (χ2v) is 7.30. The molecule has 3 aromatic rings. The molecule has 0 saturated heterocycles. The number of hydrogen-bond acceptors (Lipinski definition) is 6. The molecular formula is C16H15BrN6O2S. The predicted molar refractivity (Wildman–Crippen MR) is 101 cm³/mol. The van der Waals surface area contributed by atoms with Crippen molar-refractivity contribution in [3.05, 3.63) is 51.8 Å². The molecule has 0 aliphatic carbocycles. The number of hydrogen-bond donors (Lipinski definition) is 2. The van der Waals surface area contributed by atoms with Crippen molar-refractivity contribution in [1.82, 2.24) is 30.4 Å².